The number of hydrogen-bond donors (Lipinski definition) is 2. The van der Waals surface area contributed by atoms with E-state index in [1.54, 1.807) is 26.0 Å². The smallest absolute Gasteiger partial charge is 0.416 e. The van der Waals surface area contributed by atoms with Crippen LogP contribution >= 0.6 is 11.8 Å². The van der Waals surface area contributed by atoms with Crippen molar-refractivity contribution in [2.24, 2.45) is 0 Å². The number of hydrogen-bond acceptors (Lipinski definition) is 5. The molecule has 1 aromatic heterocycles. The van der Waals surface area contributed by atoms with Crippen LogP contribution < -0.4 is 5.32 Å². The van der Waals surface area contributed by atoms with Gasteiger partial charge in [0, 0.05) is 23.1 Å². The van der Waals surface area contributed by atoms with Crippen molar-refractivity contribution in [3.05, 3.63) is 72.1 Å². The van der Waals surface area contributed by atoms with Gasteiger partial charge in [0.2, 0.25) is 0 Å². The molecule has 3 aromatic rings. The lowest BCUT2D eigenvalue weighted by molar-refractivity contribution is -0.139. The highest BCUT2D eigenvalue weighted by Gasteiger charge is 2.30. The molecular weight excluding hydrogens is 427 g/mol. The molecule has 0 amide bonds. The Hall–Kier alpha value is -3.07. The monoisotopic (exact) mass is 447 g/mol. The van der Waals surface area contributed by atoms with E-state index in [1.807, 2.05) is 24.3 Å². The topological polar surface area (TPSA) is 75.1 Å². The van der Waals surface area contributed by atoms with Gasteiger partial charge in [-0.15, -0.1) is 11.8 Å². The Bertz CT molecular complexity index is 1070. The third-order valence-corrected chi connectivity index (χ3v) is 5.63. The molecule has 0 atom stereocenters. The molecule has 0 aliphatic heterocycles. The molecular formula is C22H20F3N3O2S. The van der Waals surface area contributed by atoms with Crippen molar-refractivity contribution in [3.63, 3.8) is 0 Å². The molecule has 162 valence electrons. The van der Waals surface area contributed by atoms with Crippen LogP contribution in [0.2, 0.25) is 0 Å². The van der Waals surface area contributed by atoms with Gasteiger partial charge in [0.05, 0.1) is 11.3 Å². The molecule has 2 N–H and O–H groups in total. The zero-order valence-corrected chi connectivity index (χ0v) is 17.6. The van der Waals surface area contributed by atoms with E-state index in [0.29, 0.717) is 23.6 Å². The van der Waals surface area contributed by atoms with Crippen molar-refractivity contribution >= 4 is 23.5 Å². The van der Waals surface area contributed by atoms with Gasteiger partial charge in [-0.05, 0) is 43.7 Å². The van der Waals surface area contributed by atoms with Crippen molar-refractivity contribution in [3.8, 4) is 11.3 Å². The number of carbonyl (C=O) groups is 1. The number of aliphatic carboxylic acids is 1. The average molecular weight is 447 g/mol. The standard InChI is InChI=1S/C22H20F3N3O2S/c1-21(2,20(29)30)31-17-8-6-14(7-9-17)12-26-19-11-18(27-13-28-19)15-4-3-5-16(10-15)22(23,24)25/h3-11,13H,12H2,1-2H3,(H,29,30)(H,26,27,28). The summed E-state index contributed by atoms with van der Waals surface area (Å²) in [4.78, 5) is 20.3. The van der Waals surface area contributed by atoms with Gasteiger partial charge in [-0.1, -0.05) is 24.3 Å². The van der Waals surface area contributed by atoms with Crippen LogP contribution in [0.4, 0.5) is 19.0 Å². The predicted molar refractivity (Wildman–Crippen MR) is 114 cm³/mol. The molecule has 31 heavy (non-hydrogen) atoms. The van der Waals surface area contributed by atoms with Gasteiger partial charge >= 0.3 is 12.1 Å². The molecule has 0 saturated heterocycles. The highest BCUT2D eigenvalue weighted by Crippen LogP contribution is 2.33. The quantitative estimate of drug-likeness (QED) is 0.451. The van der Waals surface area contributed by atoms with Crippen LogP contribution in [-0.4, -0.2) is 25.8 Å². The molecule has 2 aromatic carbocycles. The number of halogens is 3. The summed E-state index contributed by atoms with van der Waals surface area (Å²) in [5, 5.41) is 12.4. The number of aromatic nitrogens is 2. The van der Waals surface area contributed by atoms with Crippen molar-refractivity contribution in [1.29, 1.82) is 0 Å². The summed E-state index contributed by atoms with van der Waals surface area (Å²) in [6.07, 6.45) is -3.13. The zero-order valence-electron chi connectivity index (χ0n) is 16.8. The summed E-state index contributed by atoms with van der Waals surface area (Å²) in [5.74, 6) is -0.406. The molecule has 9 heteroatoms. The second-order valence-electron chi connectivity index (χ2n) is 7.28. The molecule has 0 spiro atoms. The average Bonchev–Trinajstić information content (AvgIpc) is 2.73. The lowest BCUT2D eigenvalue weighted by Gasteiger charge is -2.18. The van der Waals surface area contributed by atoms with Gasteiger partial charge in [-0.3, -0.25) is 4.79 Å². The molecule has 1 heterocycles. The van der Waals surface area contributed by atoms with Crippen LogP contribution in [0.3, 0.4) is 0 Å². The van der Waals surface area contributed by atoms with Gasteiger partial charge in [-0.25, -0.2) is 9.97 Å². The first-order valence-electron chi connectivity index (χ1n) is 9.29. The highest BCUT2D eigenvalue weighted by molar-refractivity contribution is 8.01. The van der Waals surface area contributed by atoms with Crippen LogP contribution in [0.5, 0.6) is 0 Å². The van der Waals surface area contributed by atoms with E-state index in [-0.39, 0.29) is 0 Å². The Labute approximate surface area is 181 Å². The van der Waals surface area contributed by atoms with E-state index in [0.717, 1.165) is 22.6 Å². The Kier molecular flexibility index (Phi) is 6.54. The summed E-state index contributed by atoms with van der Waals surface area (Å²) in [7, 11) is 0. The van der Waals surface area contributed by atoms with Crippen LogP contribution in [-0.2, 0) is 17.5 Å². The second kappa shape index (κ2) is 8.97. The van der Waals surface area contributed by atoms with Crippen LogP contribution in [0.25, 0.3) is 11.3 Å². The normalized spacial score (nSPS) is 11.9. The van der Waals surface area contributed by atoms with Crippen LogP contribution in [0.1, 0.15) is 25.0 Å². The number of alkyl halides is 3. The van der Waals surface area contributed by atoms with Gasteiger partial charge < -0.3 is 10.4 Å². The third kappa shape index (κ3) is 5.97. The Morgan fingerprint density at radius 1 is 1.06 bits per heavy atom. The van der Waals surface area contributed by atoms with Gasteiger partial charge in [0.25, 0.3) is 0 Å². The van der Waals surface area contributed by atoms with Crippen LogP contribution in [0.15, 0.2) is 65.8 Å². The molecule has 0 aliphatic carbocycles. The number of rotatable bonds is 7. The summed E-state index contributed by atoms with van der Waals surface area (Å²) in [6.45, 7) is 3.73. The maximum Gasteiger partial charge on any atom is 0.416 e. The molecule has 0 fully saturated rings. The molecule has 0 radical (unpaired) electrons. The van der Waals surface area contributed by atoms with E-state index in [4.69, 9.17) is 0 Å². The third-order valence-electron chi connectivity index (χ3n) is 4.44. The van der Waals surface area contributed by atoms with E-state index in [1.165, 1.54) is 24.2 Å². The first-order chi connectivity index (χ1) is 14.5. The maximum atomic E-state index is 13.0. The molecule has 3 rings (SSSR count). The van der Waals surface area contributed by atoms with E-state index in [2.05, 4.69) is 15.3 Å². The minimum absolute atomic E-state index is 0.350. The molecule has 0 saturated carbocycles. The summed E-state index contributed by atoms with van der Waals surface area (Å²) < 4.78 is 37.9. The molecule has 0 bridgehead atoms. The van der Waals surface area contributed by atoms with Crippen molar-refractivity contribution in [1.82, 2.24) is 9.97 Å². The second-order valence-corrected chi connectivity index (χ2v) is 8.98. The fourth-order valence-electron chi connectivity index (χ4n) is 2.67. The molecule has 0 unspecified atom stereocenters. The number of nitrogens with zero attached hydrogens (tertiary/aromatic N) is 2. The fraction of sp³-hybridized carbons (Fsp3) is 0.227. The highest BCUT2D eigenvalue weighted by atomic mass is 32.2. The minimum Gasteiger partial charge on any atom is -0.480 e. The Morgan fingerprint density at radius 2 is 1.77 bits per heavy atom. The number of carboxylic acids is 1. The SMILES string of the molecule is CC(C)(Sc1ccc(CNc2cc(-c3cccc(C(F)(F)F)c3)ncn2)cc1)C(=O)O. The lowest BCUT2D eigenvalue weighted by Crippen LogP contribution is -2.26. The number of benzene rings is 2. The zero-order chi connectivity index (χ0) is 22.6. The number of thioether (sulfide) groups is 1. The lowest BCUT2D eigenvalue weighted by atomic mass is 10.1. The minimum atomic E-state index is -4.42. The summed E-state index contributed by atoms with van der Waals surface area (Å²) in [6, 6.07) is 14.0. The number of carboxylic acid groups (broad SMARTS) is 1. The van der Waals surface area contributed by atoms with Crippen molar-refractivity contribution in [2.45, 2.75) is 36.2 Å². The van der Waals surface area contributed by atoms with Crippen LogP contribution in [0, 0.1) is 0 Å². The summed E-state index contributed by atoms with van der Waals surface area (Å²) >= 11 is 1.26. The van der Waals surface area contributed by atoms with E-state index < -0.39 is 22.5 Å². The first-order valence-corrected chi connectivity index (χ1v) is 10.1. The molecule has 5 nitrogen and oxygen atoms in total. The Balaban J connectivity index is 1.68. The maximum absolute atomic E-state index is 13.0. The predicted octanol–water partition coefficient (Wildman–Crippen LogP) is 5.73. The van der Waals surface area contributed by atoms with Crippen molar-refractivity contribution in [2.75, 3.05) is 5.32 Å². The van der Waals surface area contributed by atoms with Crippen molar-refractivity contribution < 1.29 is 23.1 Å². The number of anilines is 1. The fourth-order valence-corrected chi connectivity index (χ4v) is 3.62. The first kappa shape index (κ1) is 22.6. The largest absolute Gasteiger partial charge is 0.480 e. The number of nitrogens with one attached hydrogen (secondary N) is 1. The van der Waals surface area contributed by atoms with E-state index in [9.17, 15) is 23.1 Å². The van der Waals surface area contributed by atoms with Gasteiger partial charge in [0.15, 0.2) is 0 Å². The van der Waals surface area contributed by atoms with Gasteiger partial charge in [-0.2, -0.15) is 13.2 Å². The molecule has 0 aliphatic rings. The van der Waals surface area contributed by atoms with E-state index >= 15 is 0 Å². The Morgan fingerprint density at radius 3 is 2.42 bits per heavy atom. The van der Waals surface area contributed by atoms with Gasteiger partial charge in [0.1, 0.15) is 16.9 Å². The summed E-state index contributed by atoms with van der Waals surface area (Å²) in [5.41, 5.74) is 0.938.